The highest BCUT2D eigenvalue weighted by molar-refractivity contribution is 9.10. The summed E-state index contributed by atoms with van der Waals surface area (Å²) in [5.41, 5.74) is 0.601. The maximum absolute atomic E-state index is 12.8. The Kier molecular flexibility index (Phi) is 5.30. The molecule has 1 aromatic carbocycles. The summed E-state index contributed by atoms with van der Waals surface area (Å²) in [5, 5.41) is 0. The second-order valence-corrected chi connectivity index (χ2v) is 15.6. The summed E-state index contributed by atoms with van der Waals surface area (Å²) in [4.78, 5) is 14.6. The summed E-state index contributed by atoms with van der Waals surface area (Å²) in [5.74, 6) is 3.76. The fraction of sp³-hybridized carbons (Fsp3) is 0.467. The van der Waals surface area contributed by atoms with Crippen LogP contribution in [0.3, 0.4) is 0 Å². The summed E-state index contributed by atoms with van der Waals surface area (Å²) in [6.45, 7) is 7.61. The minimum atomic E-state index is -2.82. The van der Waals surface area contributed by atoms with Gasteiger partial charge in [0, 0.05) is 26.2 Å². The number of hydrogen-bond acceptors (Lipinski definition) is 3. The van der Waals surface area contributed by atoms with Crippen molar-refractivity contribution in [2.45, 2.75) is 30.6 Å². The fourth-order valence-electron chi connectivity index (χ4n) is 2.17. The molecule has 0 saturated carbocycles. The number of benzene rings is 1. The van der Waals surface area contributed by atoms with Gasteiger partial charge < -0.3 is 4.74 Å². The summed E-state index contributed by atoms with van der Waals surface area (Å²) >= 11 is 3.38. The maximum Gasteiger partial charge on any atom is 0.337 e. The molecule has 0 aliphatic carbocycles. The molecule has 1 heterocycles. The van der Waals surface area contributed by atoms with Gasteiger partial charge in [-0.25, -0.2) is 13.3 Å². The topological polar surface area (TPSA) is 49.9 Å². The van der Waals surface area contributed by atoms with Crippen molar-refractivity contribution in [2.75, 3.05) is 25.3 Å². The Balaban J connectivity index is 2.25. The molecule has 5 nitrogen and oxygen atoms in total. The van der Waals surface area contributed by atoms with Gasteiger partial charge in [-0.05, 0) is 30.1 Å². The van der Waals surface area contributed by atoms with Gasteiger partial charge in [-0.1, -0.05) is 35.6 Å². The lowest BCUT2D eigenvalue weighted by Gasteiger charge is -2.37. The number of halogens is 1. The van der Waals surface area contributed by atoms with Crippen molar-refractivity contribution < 1.29 is 13.7 Å². The number of anilines is 1. The van der Waals surface area contributed by atoms with E-state index < -0.39 is 17.8 Å². The van der Waals surface area contributed by atoms with E-state index in [0.29, 0.717) is 17.2 Å². The number of amides is 2. The number of nitrogens with zero attached hydrogens (tertiary/aromatic N) is 2. The smallest absolute Gasteiger partial charge is 0.337 e. The van der Waals surface area contributed by atoms with Gasteiger partial charge in [0.05, 0.1) is 20.3 Å². The van der Waals surface area contributed by atoms with Gasteiger partial charge >= 0.3 is 6.03 Å². The molecule has 0 fully saturated rings. The normalized spacial score (nSPS) is 21.5. The van der Waals surface area contributed by atoms with E-state index >= 15 is 0 Å². The van der Waals surface area contributed by atoms with E-state index in [9.17, 15) is 9.00 Å². The first kappa shape index (κ1) is 18.5. The lowest BCUT2D eigenvalue weighted by molar-refractivity contribution is 0.144. The SMILES string of the molecule is C=S1(=O)c2cc(Br)ccc2N(COCC[Si](C)(C)C)C(=O)N1C. The number of urea groups is 1. The van der Waals surface area contributed by atoms with Crippen molar-refractivity contribution in [2.24, 2.45) is 0 Å². The van der Waals surface area contributed by atoms with E-state index in [1.54, 1.807) is 12.1 Å². The predicted molar refractivity (Wildman–Crippen MR) is 102 cm³/mol. The van der Waals surface area contributed by atoms with Crippen LogP contribution in [0.15, 0.2) is 27.6 Å². The number of fused-ring (bicyclic) bond motifs is 1. The first-order valence-electron chi connectivity index (χ1n) is 7.34. The van der Waals surface area contributed by atoms with E-state index in [2.05, 4.69) is 41.4 Å². The van der Waals surface area contributed by atoms with Crippen LogP contribution in [0.2, 0.25) is 25.7 Å². The van der Waals surface area contributed by atoms with Crippen LogP contribution in [0.5, 0.6) is 0 Å². The highest BCUT2D eigenvalue weighted by Crippen LogP contribution is 2.35. The van der Waals surface area contributed by atoms with Crippen LogP contribution in [-0.2, 0) is 14.4 Å². The molecule has 128 valence electrons. The van der Waals surface area contributed by atoms with Crippen molar-refractivity contribution >= 4 is 51.3 Å². The van der Waals surface area contributed by atoms with Crippen LogP contribution in [0, 0.1) is 0 Å². The Bertz CT molecular complexity index is 716. The third-order valence-corrected chi connectivity index (χ3v) is 7.97. The molecule has 8 heteroatoms. The summed E-state index contributed by atoms with van der Waals surface area (Å²) in [6, 6.07) is 6.03. The largest absolute Gasteiger partial charge is 0.361 e. The number of carbonyl (C=O) groups excluding carboxylic acids is 1. The Labute approximate surface area is 147 Å². The molecular weight excluding hydrogens is 396 g/mol. The Morgan fingerprint density at radius 3 is 2.61 bits per heavy atom. The fourth-order valence-corrected chi connectivity index (χ4v) is 4.90. The maximum atomic E-state index is 12.8. The van der Waals surface area contributed by atoms with Gasteiger partial charge in [0.1, 0.15) is 6.73 Å². The van der Waals surface area contributed by atoms with Crippen LogP contribution in [0.1, 0.15) is 0 Å². The lowest BCUT2D eigenvalue weighted by atomic mass is 10.3. The monoisotopic (exact) mass is 418 g/mol. The highest BCUT2D eigenvalue weighted by Gasteiger charge is 2.35. The van der Waals surface area contributed by atoms with Crippen molar-refractivity contribution in [1.82, 2.24) is 4.31 Å². The predicted octanol–water partition coefficient (Wildman–Crippen LogP) is 3.62. The first-order chi connectivity index (χ1) is 10.5. The molecule has 1 aliphatic rings. The van der Waals surface area contributed by atoms with Crippen LogP contribution < -0.4 is 4.90 Å². The zero-order valence-corrected chi connectivity index (χ0v) is 17.4. The van der Waals surface area contributed by atoms with E-state index in [1.165, 1.54) is 16.3 Å². The van der Waals surface area contributed by atoms with Crippen LogP contribution >= 0.6 is 15.9 Å². The number of hydrogen-bond donors (Lipinski definition) is 0. The van der Waals surface area contributed by atoms with E-state index in [4.69, 9.17) is 4.74 Å². The van der Waals surface area contributed by atoms with Gasteiger partial charge in [0.25, 0.3) is 0 Å². The molecule has 0 radical (unpaired) electrons. The van der Waals surface area contributed by atoms with Gasteiger partial charge in [-0.15, -0.1) is 0 Å². The van der Waals surface area contributed by atoms with Crippen molar-refractivity contribution in [3.63, 3.8) is 0 Å². The molecule has 1 aliphatic heterocycles. The highest BCUT2D eigenvalue weighted by atomic mass is 79.9. The lowest BCUT2D eigenvalue weighted by Crippen LogP contribution is -2.49. The van der Waals surface area contributed by atoms with Crippen LogP contribution in [-0.4, -0.2) is 48.9 Å². The van der Waals surface area contributed by atoms with Gasteiger partial charge in [0.2, 0.25) is 0 Å². The number of ether oxygens (including phenoxy) is 1. The summed E-state index contributed by atoms with van der Waals surface area (Å²) in [7, 11) is -2.48. The van der Waals surface area contributed by atoms with Crippen molar-refractivity contribution in [3.05, 3.63) is 22.7 Å². The van der Waals surface area contributed by atoms with E-state index in [1.807, 2.05) is 6.07 Å². The third kappa shape index (κ3) is 3.99. The van der Waals surface area contributed by atoms with Gasteiger partial charge in [-0.3, -0.25) is 4.90 Å². The first-order valence-corrected chi connectivity index (χ1v) is 13.5. The van der Waals surface area contributed by atoms with Gasteiger partial charge in [-0.2, -0.15) is 0 Å². The molecule has 2 rings (SSSR count). The molecule has 23 heavy (non-hydrogen) atoms. The van der Waals surface area contributed by atoms with Crippen molar-refractivity contribution in [1.29, 1.82) is 0 Å². The molecule has 2 amide bonds. The van der Waals surface area contributed by atoms with E-state index in [0.717, 1.165) is 10.5 Å². The van der Waals surface area contributed by atoms with Crippen LogP contribution in [0.4, 0.5) is 10.5 Å². The quantitative estimate of drug-likeness (QED) is 0.416. The molecule has 0 spiro atoms. The Hall–Kier alpha value is -0.833. The second-order valence-electron chi connectivity index (χ2n) is 6.81. The summed E-state index contributed by atoms with van der Waals surface area (Å²) < 4.78 is 20.6. The summed E-state index contributed by atoms with van der Waals surface area (Å²) in [6.07, 6.45) is 0. The standard InChI is InChI=1S/C15H23BrN2O3SSi/c1-17-15(19)18(11-21-8-9-23(3,4)5)13-7-6-12(16)10-14(13)22(17,2)20/h6-7,10H,2,8-9,11H2,1,3-5H3. The minimum Gasteiger partial charge on any atom is -0.361 e. The molecular formula is C15H23BrN2O3SSi. The van der Waals surface area contributed by atoms with Crippen molar-refractivity contribution in [3.8, 4) is 0 Å². The van der Waals surface area contributed by atoms with Crippen LogP contribution in [0.25, 0.3) is 0 Å². The molecule has 1 atom stereocenters. The molecule has 1 aromatic rings. The zero-order valence-electron chi connectivity index (χ0n) is 14.0. The zero-order chi connectivity index (χ0) is 17.4. The Morgan fingerprint density at radius 1 is 1.35 bits per heavy atom. The minimum absolute atomic E-state index is 0.151. The molecule has 0 saturated heterocycles. The van der Waals surface area contributed by atoms with Gasteiger partial charge in [0.15, 0.2) is 0 Å². The second kappa shape index (κ2) is 6.58. The molecule has 1 unspecified atom stereocenters. The average Bonchev–Trinajstić information content (AvgIpc) is 2.44. The molecule has 0 aromatic heterocycles. The Morgan fingerprint density at radius 2 is 2.00 bits per heavy atom. The number of carbonyl (C=O) groups is 1. The molecule has 0 N–H and O–H groups in total. The number of rotatable bonds is 5. The third-order valence-electron chi connectivity index (χ3n) is 3.72. The van der Waals surface area contributed by atoms with E-state index in [-0.39, 0.29) is 12.8 Å². The molecule has 0 bridgehead atoms. The average molecular weight is 419 g/mol.